The number of hydrogen-bond acceptors (Lipinski definition) is 6. The lowest BCUT2D eigenvalue weighted by Crippen LogP contribution is -2.32. The summed E-state index contributed by atoms with van der Waals surface area (Å²) in [6, 6.07) is 11.0. The van der Waals surface area contributed by atoms with Gasteiger partial charge < -0.3 is 14.6 Å². The van der Waals surface area contributed by atoms with Gasteiger partial charge in [-0.3, -0.25) is 9.59 Å². The molecule has 0 bridgehead atoms. The molecule has 7 heteroatoms. The van der Waals surface area contributed by atoms with Crippen molar-refractivity contribution in [2.75, 3.05) is 13.8 Å². The number of rotatable bonds is 5. The van der Waals surface area contributed by atoms with Crippen LogP contribution in [0.2, 0.25) is 0 Å². The maximum Gasteiger partial charge on any atom is 0.332 e. The second-order valence-corrected chi connectivity index (χ2v) is 5.44. The molecule has 2 aromatic carbocycles. The van der Waals surface area contributed by atoms with Crippen LogP contribution in [0.3, 0.4) is 0 Å². The molecule has 2 aromatic rings. The summed E-state index contributed by atoms with van der Waals surface area (Å²) in [5, 5.41) is 9.53. The number of esters is 1. The number of nitrogens with zero attached hydrogens (tertiary/aromatic N) is 1. The van der Waals surface area contributed by atoms with Crippen LogP contribution in [0.25, 0.3) is 6.08 Å². The minimum atomic E-state index is -0.714. The van der Waals surface area contributed by atoms with Gasteiger partial charge in [-0.1, -0.05) is 18.2 Å². The van der Waals surface area contributed by atoms with Crippen LogP contribution >= 0.6 is 0 Å². The number of methoxy groups -OCH3 is 1. The molecular formula is C19H15NO6. The molecular weight excluding hydrogens is 338 g/mol. The van der Waals surface area contributed by atoms with Crippen LogP contribution in [0.4, 0.5) is 0 Å². The molecule has 132 valence electrons. The van der Waals surface area contributed by atoms with Crippen LogP contribution in [0, 0.1) is 0 Å². The summed E-state index contributed by atoms with van der Waals surface area (Å²) in [6.07, 6.45) is 2.62. The van der Waals surface area contributed by atoms with Crippen molar-refractivity contribution in [2.45, 2.75) is 0 Å². The van der Waals surface area contributed by atoms with Crippen LogP contribution in [0.1, 0.15) is 26.3 Å². The number of hydrogen-bond donors (Lipinski definition) is 1. The smallest absolute Gasteiger partial charge is 0.332 e. The zero-order valence-corrected chi connectivity index (χ0v) is 13.8. The molecule has 0 aliphatic carbocycles. The largest absolute Gasteiger partial charge is 0.504 e. The van der Waals surface area contributed by atoms with E-state index in [1.54, 1.807) is 36.4 Å². The van der Waals surface area contributed by atoms with Crippen LogP contribution in [0.5, 0.6) is 11.5 Å². The van der Waals surface area contributed by atoms with Crippen molar-refractivity contribution in [3.05, 3.63) is 65.2 Å². The summed E-state index contributed by atoms with van der Waals surface area (Å²) in [5.41, 5.74) is 1.19. The Morgan fingerprint density at radius 1 is 1.12 bits per heavy atom. The number of phenols is 1. The van der Waals surface area contributed by atoms with E-state index in [-0.39, 0.29) is 11.5 Å². The second-order valence-electron chi connectivity index (χ2n) is 5.44. The van der Waals surface area contributed by atoms with E-state index in [0.717, 1.165) is 11.0 Å². The number of phenolic OH excluding ortho intramolecular Hbond substituents is 1. The number of carbonyl (C=O) groups is 3. The van der Waals surface area contributed by atoms with Crippen molar-refractivity contribution in [1.82, 2.24) is 4.90 Å². The summed E-state index contributed by atoms with van der Waals surface area (Å²) in [5.74, 6) is -1.45. The lowest BCUT2D eigenvalue weighted by atomic mass is 10.1. The highest BCUT2D eigenvalue weighted by molar-refractivity contribution is 6.21. The van der Waals surface area contributed by atoms with Gasteiger partial charge in [-0.05, 0) is 35.9 Å². The Labute approximate surface area is 149 Å². The van der Waals surface area contributed by atoms with Gasteiger partial charge in [0.25, 0.3) is 11.8 Å². The lowest BCUT2D eigenvalue weighted by Gasteiger charge is -2.12. The third-order valence-electron chi connectivity index (χ3n) is 3.83. The Balaban J connectivity index is 1.61. The first kappa shape index (κ1) is 17.2. The number of imide groups is 1. The molecule has 0 fully saturated rings. The SMILES string of the molecule is COc1cc(C=CC(=O)OCN2C(=O)c3ccccc3C2=O)ccc1O. The number of amides is 2. The molecule has 0 spiro atoms. The van der Waals surface area contributed by atoms with Crippen molar-refractivity contribution in [1.29, 1.82) is 0 Å². The predicted octanol–water partition coefficient (Wildman–Crippen LogP) is 2.21. The third-order valence-corrected chi connectivity index (χ3v) is 3.83. The first-order valence-corrected chi connectivity index (χ1v) is 7.68. The van der Waals surface area contributed by atoms with Crippen LogP contribution < -0.4 is 4.74 Å². The molecule has 0 saturated heterocycles. The molecule has 0 atom stereocenters. The van der Waals surface area contributed by atoms with E-state index in [1.807, 2.05) is 0 Å². The fourth-order valence-corrected chi connectivity index (χ4v) is 2.49. The van der Waals surface area contributed by atoms with Crippen molar-refractivity contribution >= 4 is 23.9 Å². The monoisotopic (exact) mass is 353 g/mol. The zero-order valence-electron chi connectivity index (χ0n) is 13.8. The van der Waals surface area contributed by atoms with Crippen molar-refractivity contribution in [2.24, 2.45) is 0 Å². The molecule has 26 heavy (non-hydrogen) atoms. The summed E-state index contributed by atoms with van der Waals surface area (Å²) in [4.78, 5) is 37.0. The van der Waals surface area contributed by atoms with E-state index in [2.05, 4.69) is 0 Å². The first-order valence-electron chi connectivity index (χ1n) is 7.68. The Morgan fingerprint density at radius 3 is 2.38 bits per heavy atom. The Kier molecular flexibility index (Phi) is 4.70. The number of fused-ring (bicyclic) bond motifs is 1. The molecule has 1 aliphatic heterocycles. The van der Waals surface area contributed by atoms with Gasteiger partial charge in [0.15, 0.2) is 18.2 Å². The standard InChI is InChI=1S/C19H15NO6/c1-25-16-10-12(6-8-15(16)21)7-9-17(22)26-11-20-18(23)13-4-2-3-5-14(13)19(20)24/h2-10,21H,11H2,1H3. The molecule has 3 rings (SSSR count). The minimum absolute atomic E-state index is 0.0159. The van der Waals surface area contributed by atoms with Gasteiger partial charge in [-0.2, -0.15) is 0 Å². The van der Waals surface area contributed by atoms with Crippen molar-refractivity contribution in [3.8, 4) is 11.5 Å². The summed E-state index contributed by atoms with van der Waals surface area (Å²) in [7, 11) is 1.42. The number of carbonyl (C=O) groups excluding carboxylic acids is 3. The summed E-state index contributed by atoms with van der Waals surface area (Å²) < 4.78 is 9.96. The third kappa shape index (κ3) is 3.27. The van der Waals surface area contributed by atoms with Crippen molar-refractivity contribution < 1.29 is 29.0 Å². The van der Waals surface area contributed by atoms with Gasteiger partial charge in [0.05, 0.1) is 18.2 Å². The lowest BCUT2D eigenvalue weighted by molar-refractivity contribution is -0.140. The Bertz CT molecular complexity index is 883. The normalized spacial score (nSPS) is 13.2. The predicted molar refractivity (Wildman–Crippen MR) is 91.6 cm³/mol. The molecule has 7 nitrogen and oxygen atoms in total. The second kappa shape index (κ2) is 7.10. The van der Waals surface area contributed by atoms with E-state index < -0.39 is 24.5 Å². The van der Waals surface area contributed by atoms with Gasteiger partial charge >= 0.3 is 5.97 Å². The molecule has 1 N–H and O–H groups in total. The molecule has 0 unspecified atom stereocenters. The van der Waals surface area contributed by atoms with Crippen LogP contribution in [-0.4, -0.2) is 41.6 Å². The first-order chi connectivity index (χ1) is 12.5. The molecule has 2 amide bonds. The number of aromatic hydroxyl groups is 1. The molecule has 1 aliphatic rings. The topological polar surface area (TPSA) is 93.1 Å². The van der Waals surface area contributed by atoms with Gasteiger partial charge in [0.2, 0.25) is 0 Å². The van der Waals surface area contributed by atoms with Crippen molar-refractivity contribution in [3.63, 3.8) is 0 Å². The van der Waals surface area contributed by atoms with Crippen LogP contribution in [-0.2, 0) is 9.53 Å². The molecule has 0 radical (unpaired) electrons. The fourth-order valence-electron chi connectivity index (χ4n) is 2.49. The zero-order chi connectivity index (χ0) is 18.7. The Morgan fingerprint density at radius 2 is 1.77 bits per heavy atom. The van der Waals surface area contributed by atoms with Crippen LogP contribution in [0.15, 0.2) is 48.5 Å². The van der Waals surface area contributed by atoms with Gasteiger partial charge in [-0.15, -0.1) is 0 Å². The maximum absolute atomic E-state index is 12.2. The van der Waals surface area contributed by atoms with E-state index >= 15 is 0 Å². The average molecular weight is 353 g/mol. The maximum atomic E-state index is 12.2. The highest BCUT2D eigenvalue weighted by Gasteiger charge is 2.35. The highest BCUT2D eigenvalue weighted by atomic mass is 16.5. The molecule has 0 saturated carbocycles. The Hall–Kier alpha value is -3.61. The fraction of sp³-hybridized carbons (Fsp3) is 0.105. The molecule has 0 aromatic heterocycles. The van der Waals surface area contributed by atoms with Gasteiger partial charge in [0, 0.05) is 6.08 Å². The summed E-state index contributed by atoms with van der Waals surface area (Å²) >= 11 is 0. The summed E-state index contributed by atoms with van der Waals surface area (Å²) in [6.45, 7) is -0.464. The van der Waals surface area contributed by atoms with E-state index in [1.165, 1.54) is 19.3 Å². The highest BCUT2D eigenvalue weighted by Crippen LogP contribution is 2.26. The average Bonchev–Trinajstić information content (AvgIpc) is 2.90. The van der Waals surface area contributed by atoms with E-state index in [0.29, 0.717) is 16.7 Å². The number of ether oxygens (including phenoxy) is 2. The van der Waals surface area contributed by atoms with E-state index in [4.69, 9.17) is 9.47 Å². The minimum Gasteiger partial charge on any atom is -0.504 e. The van der Waals surface area contributed by atoms with Gasteiger partial charge in [0.1, 0.15) is 0 Å². The van der Waals surface area contributed by atoms with E-state index in [9.17, 15) is 19.5 Å². The number of benzene rings is 2. The van der Waals surface area contributed by atoms with Gasteiger partial charge in [-0.25, -0.2) is 9.69 Å². The quantitative estimate of drug-likeness (QED) is 0.503. The molecule has 1 heterocycles.